The van der Waals surface area contributed by atoms with Crippen LogP contribution in [0, 0.1) is 0 Å². The molecular weight excluding hydrogens is 350 g/mol. The first-order valence-electron chi connectivity index (χ1n) is 8.14. The maximum absolute atomic E-state index is 9.51. The number of benzene rings is 1. The highest BCUT2D eigenvalue weighted by molar-refractivity contribution is 6.33. The van der Waals surface area contributed by atoms with Crippen LogP contribution in [0.4, 0.5) is 17.5 Å². The van der Waals surface area contributed by atoms with Gasteiger partial charge in [0.1, 0.15) is 11.6 Å². The molecule has 0 radical (unpaired) electrons. The van der Waals surface area contributed by atoms with Crippen LogP contribution in [0.3, 0.4) is 0 Å². The van der Waals surface area contributed by atoms with Crippen LogP contribution in [0.2, 0.25) is 5.02 Å². The molecule has 7 heteroatoms. The molecule has 0 amide bonds. The SMILES string of the molecule is CC(C)(C)Nc1nc(Nc2ccc(O)cc2Cl)cc(-c2ccccn2)n1. The number of rotatable bonds is 4. The largest absolute Gasteiger partial charge is 0.508 e. The minimum Gasteiger partial charge on any atom is -0.508 e. The van der Waals surface area contributed by atoms with Crippen LogP contribution in [-0.4, -0.2) is 25.6 Å². The zero-order valence-electron chi connectivity index (χ0n) is 14.8. The van der Waals surface area contributed by atoms with Gasteiger partial charge < -0.3 is 15.7 Å². The molecule has 0 bridgehead atoms. The maximum atomic E-state index is 9.51. The second kappa shape index (κ2) is 7.17. The number of halogens is 1. The van der Waals surface area contributed by atoms with Crippen LogP contribution in [0.1, 0.15) is 20.8 Å². The second-order valence-electron chi connectivity index (χ2n) is 6.84. The van der Waals surface area contributed by atoms with E-state index in [4.69, 9.17) is 11.6 Å². The van der Waals surface area contributed by atoms with E-state index < -0.39 is 0 Å². The maximum Gasteiger partial charge on any atom is 0.225 e. The van der Waals surface area contributed by atoms with Crippen molar-refractivity contribution in [2.45, 2.75) is 26.3 Å². The Morgan fingerprint density at radius 1 is 1.00 bits per heavy atom. The third kappa shape index (κ3) is 4.61. The third-order valence-electron chi connectivity index (χ3n) is 3.36. The van der Waals surface area contributed by atoms with E-state index in [0.29, 0.717) is 28.2 Å². The Morgan fingerprint density at radius 3 is 2.46 bits per heavy atom. The Bertz CT molecular complexity index is 910. The number of hydrogen-bond acceptors (Lipinski definition) is 6. The van der Waals surface area contributed by atoms with Gasteiger partial charge in [0.05, 0.1) is 22.1 Å². The van der Waals surface area contributed by atoms with E-state index in [1.165, 1.54) is 6.07 Å². The average molecular weight is 370 g/mol. The predicted molar refractivity (Wildman–Crippen MR) is 105 cm³/mol. The highest BCUT2D eigenvalue weighted by atomic mass is 35.5. The summed E-state index contributed by atoms with van der Waals surface area (Å²) in [6, 6.07) is 12.2. The molecule has 2 aromatic heterocycles. The Balaban J connectivity index is 2.01. The molecule has 134 valence electrons. The van der Waals surface area contributed by atoms with Crippen molar-refractivity contribution in [3.63, 3.8) is 0 Å². The molecule has 0 saturated heterocycles. The molecule has 0 unspecified atom stereocenters. The van der Waals surface area contributed by atoms with Crippen LogP contribution in [0.25, 0.3) is 11.4 Å². The lowest BCUT2D eigenvalue weighted by molar-refractivity contribution is 0.475. The minimum atomic E-state index is -0.198. The van der Waals surface area contributed by atoms with Crippen LogP contribution < -0.4 is 10.6 Å². The molecule has 0 atom stereocenters. The van der Waals surface area contributed by atoms with E-state index in [0.717, 1.165) is 5.69 Å². The first kappa shape index (κ1) is 17.9. The molecule has 2 heterocycles. The van der Waals surface area contributed by atoms with Gasteiger partial charge in [0.2, 0.25) is 5.95 Å². The number of phenolic OH excluding ortho intramolecular Hbond substituents is 1. The number of aromatic nitrogens is 3. The lowest BCUT2D eigenvalue weighted by Crippen LogP contribution is -2.27. The van der Waals surface area contributed by atoms with Crippen molar-refractivity contribution in [1.29, 1.82) is 0 Å². The quantitative estimate of drug-likeness (QED) is 0.570. The lowest BCUT2D eigenvalue weighted by Gasteiger charge is -2.21. The molecule has 0 spiro atoms. The van der Waals surface area contributed by atoms with E-state index in [-0.39, 0.29) is 11.3 Å². The first-order valence-corrected chi connectivity index (χ1v) is 8.52. The Labute approximate surface area is 157 Å². The van der Waals surface area contributed by atoms with Gasteiger partial charge in [0.25, 0.3) is 0 Å². The van der Waals surface area contributed by atoms with Gasteiger partial charge in [-0.25, -0.2) is 4.98 Å². The molecule has 1 aromatic carbocycles. The summed E-state index contributed by atoms with van der Waals surface area (Å²) in [5, 5.41) is 16.4. The van der Waals surface area contributed by atoms with Crippen LogP contribution in [-0.2, 0) is 0 Å². The highest BCUT2D eigenvalue weighted by Gasteiger charge is 2.15. The van der Waals surface area contributed by atoms with Crippen molar-refractivity contribution < 1.29 is 5.11 Å². The normalized spacial score (nSPS) is 11.2. The zero-order chi connectivity index (χ0) is 18.7. The number of nitrogens with one attached hydrogen (secondary N) is 2. The van der Waals surface area contributed by atoms with Crippen molar-refractivity contribution in [1.82, 2.24) is 15.0 Å². The average Bonchev–Trinajstić information content (AvgIpc) is 2.56. The van der Waals surface area contributed by atoms with Gasteiger partial charge in [0, 0.05) is 23.9 Å². The van der Waals surface area contributed by atoms with E-state index in [9.17, 15) is 5.11 Å². The summed E-state index contributed by atoms with van der Waals surface area (Å²) in [7, 11) is 0. The first-order chi connectivity index (χ1) is 12.3. The topological polar surface area (TPSA) is 83.0 Å². The Morgan fingerprint density at radius 2 is 1.81 bits per heavy atom. The van der Waals surface area contributed by atoms with Crippen molar-refractivity contribution in [2.24, 2.45) is 0 Å². The monoisotopic (exact) mass is 369 g/mol. The second-order valence-corrected chi connectivity index (χ2v) is 7.25. The molecule has 3 aromatic rings. The van der Waals surface area contributed by atoms with Crippen molar-refractivity contribution in [3.05, 3.63) is 53.7 Å². The van der Waals surface area contributed by atoms with Gasteiger partial charge in [-0.15, -0.1) is 0 Å². The summed E-state index contributed by atoms with van der Waals surface area (Å²) in [5.41, 5.74) is 1.87. The molecule has 3 N–H and O–H groups in total. The van der Waals surface area contributed by atoms with Gasteiger partial charge in [-0.2, -0.15) is 4.98 Å². The number of anilines is 3. The minimum absolute atomic E-state index is 0.104. The number of pyridine rings is 1. The molecule has 0 saturated carbocycles. The van der Waals surface area contributed by atoms with Crippen LogP contribution in [0.15, 0.2) is 48.7 Å². The van der Waals surface area contributed by atoms with Gasteiger partial charge in [-0.1, -0.05) is 17.7 Å². The summed E-state index contributed by atoms with van der Waals surface area (Å²) in [6.45, 7) is 6.11. The number of phenols is 1. The summed E-state index contributed by atoms with van der Waals surface area (Å²) >= 11 is 6.19. The molecule has 3 rings (SSSR count). The van der Waals surface area contributed by atoms with Gasteiger partial charge >= 0.3 is 0 Å². The highest BCUT2D eigenvalue weighted by Crippen LogP contribution is 2.30. The van der Waals surface area contributed by atoms with E-state index in [1.807, 2.05) is 39.0 Å². The molecule has 0 fully saturated rings. The predicted octanol–water partition coefficient (Wildman–Crippen LogP) is 4.85. The molecule has 0 aliphatic heterocycles. The summed E-state index contributed by atoms with van der Waals surface area (Å²) in [4.78, 5) is 13.4. The van der Waals surface area contributed by atoms with Crippen LogP contribution >= 0.6 is 11.6 Å². The summed E-state index contributed by atoms with van der Waals surface area (Å²) in [6.07, 6.45) is 1.72. The fourth-order valence-corrected chi connectivity index (χ4v) is 2.51. The van der Waals surface area contributed by atoms with Crippen molar-refractivity contribution in [3.8, 4) is 17.1 Å². The molecule has 0 aliphatic carbocycles. The third-order valence-corrected chi connectivity index (χ3v) is 3.67. The van der Waals surface area contributed by atoms with Crippen LogP contribution in [0.5, 0.6) is 5.75 Å². The van der Waals surface area contributed by atoms with E-state index >= 15 is 0 Å². The molecular formula is C19H20ClN5O. The Kier molecular flexibility index (Phi) is 4.95. The number of hydrogen-bond donors (Lipinski definition) is 3. The van der Waals surface area contributed by atoms with Gasteiger partial charge in [-0.3, -0.25) is 4.98 Å². The lowest BCUT2D eigenvalue weighted by atomic mass is 10.1. The van der Waals surface area contributed by atoms with Gasteiger partial charge in [0.15, 0.2) is 0 Å². The van der Waals surface area contributed by atoms with Crippen molar-refractivity contribution >= 4 is 29.1 Å². The standard InChI is InChI=1S/C19H20ClN5O/c1-19(2,3)25-18-23-16(15-6-4-5-9-21-15)11-17(24-18)22-14-8-7-12(26)10-13(14)20/h4-11,26H,1-3H3,(H2,22,23,24,25). The number of aromatic hydroxyl groups is 1. The zero-order valence-corrected chi connectivity index (χ0v) is 15.5. The Hall–Kier alpha value is -2.86. The molecule has 6 nitrogen and oxygen atoms in total. The van der Waals surface area contributed by atoms with Gasteiger partial charge in [-0.05, 0) is 45.0 Å². The summed E-state index contributed by atoms with van der Waals surface area (Å²) < 4.78 is 0. The molecule has 26 heavy (non-hydrogen) atoms. The van der Waals surface area contributed by atoms with E-state index in [2.05, 4.69) is 25.6 Å². The summed E-state index contributed by atoms with van der Waals surface area (Å²) in [5.74, 6) is 1.16. The smallest absolute Gasteiger partial charge is 0.225 e. The number of nitrogens with zero attached hydrogens (tertiary/aromatic N) is 3. The molecule has 0 aliphatic rings. The fraction of sp³-hybridized carbons (Fsp3) is 0.211. The van der Waals surface area contributed by atoms with Crippen molar-refractivity contribution in [2.75, 3.05) is 10.6 Å². The van der Waals surface area contributed by atoms with E-state index in [1.54, 1.807) is 24.4 Å². The fourth-order valence-electron chi connectivity index (χ4n) is 2.29.